The molecule has 1 aromatic heterocycles. The van der Waals surface area contributed by atoms with E-state index in [0.29, 0.717) is 17.7 Å². The Morgan fingerprint density at radius 3 is 2.48 bits per heavy atom. The average Bonchev–Trinajstić information content (AvgIpc) is 2.68. The molecule has 1 amide bonds. The van der Waals surface area contributed by atoms with E-state index in [1.165, 1.54) is 12.1 Å². The van der Waals surface area contributed by atoms with Crippen LogP contribution in [0.1, 0.15) is 13.3 Å². The second kappa shape index (κ2) is 8.50. The van der Waals surface area contributed by atoms with Crippen LogP contribution in [0.2, 0.25) is 0 Å². The summed E-state index contributed by atoms with van der Waals surface area (Å²) in [6.45, 7) is 1.87. The first-order valence-electron chi connectivity index (χ1n) is 8.35. The second-order valence-electron chi connectivity index (χ2n) is 5.72. The minimum Gasteiger partial charge on any atom is -0.508 e. The summed E-state index contributed by atoms with van der Waals surface area (Å²) in [4.78, 5) is 27.5. The van der Waals surface area contributed by atoms with Crippen molar-refractivity contribution in [2.24, 2.45) is 0 Å². The lowest BCUT2D eigenvalue weighted by atomic mass is 10.2. The Hall–Kier alpha value is -3.13. The summed E-state index contributed by atoms with van der Waals surface area (Å²) >= 11 is 1.15. The number of aromatic nitrogens is 3. The molecule has 1 heterocycles. The van der Waals surface area contributed by atoms with Crippen molar-refractivity contribution in [3.8, 4) is 17.0 Å². The van der Waals surface area contributed by atoms with Crippen LogP contribution in [0.3, 0.4) is 0 Å². The fourth-order valence-electron chi connectivity index (χ4n) is 2.38. The lowest BCUT2D eigenvalue weighted by molar-refractivity contribution is -0.115. The standard InChI is InChI=1S/C19H18N4O3S/c1-2-15(17(25)20-13-8-10-14(24)11-9-13)27-19-21-18(26)16(22-23-19)12-6-4-3-5-7-12/h3-11,15,24H,2H2,1H3,(H,20,25)(H,21,23,26). The number of anilines is 1. The third-order valence-electron chi connectivity index (χ3n) is 3.78. The summed E-state index contributed by atoms with van der Waals surface area (Å²) in [5.41, 5.74) is 1.14. The van der Waals surface area contributed by atoms with Gasteiger partial charge in [0.15, 0.2) is 10.9 Å². The van der Waals surface area contributed by atoms with Crippen molar-refractivity contribution in [3.05, 3.63) is 65.0 Å². The summed E-state index contributed by atoms with van der Waals surface area (Å²) in [6.07, 6.45) is 0.540. The molecule has 7 nitrogen and oxygen atoms in total. The number of carbonyl (C=O) groups excluding carboxylic acids is 1. The highest BCUT2D eigenvalue weighted by Crippen LogP contribution is 2.23. The molecule has 0 fully saturated rings. The lowest BCUT2D eigenvalue weighted by Crippen LogP contribution is -2.25. The van der Waals surface area contributed by atoms with Crippen LogP contribution in [0.15, 0.2) is 64.5 Å². The third kappa shape index (κ3) is 4.73. The Bertz CT molecular complexity index is 974. The molecule has 27 heavy (non-hydrogen) atoms. The number of carbonyl (C=O) groups is 1. The first kappa shape index (κ1) is 18.7. The molecule has 0 aliphatic carbocycles. The normalized spacial score (nSPS) is 11.7. The Balaban J connectivity index is 1.72. The molecule has 138 valence electrons. The Morgan fingerprint density at radius 2 is 1.85 bits per heavy atom. The molecule has 3 N–H and O–H groups in total. The maximum atomic E-state index is 12.5. The van der Waals surface area contributed by atoms with E-state index in [9.17, 15) is 14.7 Å². The second-order valence-corrected chi connectivity index (χ2v) is 6.92. The molecule has 1 unspecified atom stereocenters. The smallest absolute Gasteiger partial charge is 0.278 e. The number of benzene rings is 2. The highest BCUT2D eigenvalue weighted by atomic mass is 32.2. The van der Waals surface area contributed by atoms with Crippen LogP contribution in [0.25, 0.3) is 11.3 Å². The van der Waals surface area contributed by atoms with Crippen LogP contribution in [0.5, 0.6) is 5.75 Å². The van der Waals surface area contributed by atoms with Gasteiger partial charge >= 0.3 is 0 Å². The average molecular weight is 382 g/mol. The number of thioether (sulfide) groups is 1. The number of hydrogen-bond donors (Lipinski definition) is 3. The Morgan fingerprint density at radius 1 is 1.15 bits per heavy atom. The van der Waals surface area contributed by atoms with E-state index in [1.807, 2.05) is 25.1 Å². The van der Waals surface area contributed by atoms with Crippen molar-refractivity contribution in [3.63, 3.8) is 0 Å². The fraction of sp³-hybridized carbons (Fsp3) is 0.158. The molecule has 3 aromatic rings. The lowest BCUT2D eigenvalue weighted by Gasteiger charge is -2.14. The molecule has 0 bridgehead atoms. The predicted molar refractivity (Wildman–Crippen MR) is 105 cm³/mol. The number of H-pyrrole nitrogens is 1. The summed E-state index contributed by atoms with van der Waals surface area (Å²) < 4.78 is 0. The molecule has 2 aromatic carbocycles. The molecule has 0 saturated heterocycles. The maximum Gasteiger partial charge on any atom is 0.278 e. The summed E-state index contributed by atoms with van der Waals surface area (Å²) in [5.74, 6) is -0.0938. The zero-order valence-electron chi connectivity index (χ0n) is 14.5. The number of nitrogens with one attached hydrogen (secondary N) is 2. The highest BCUT2D eigenvalue weighted by molar-refractivity contribution is 8.00. The van der Waals surface area contributed by atoms with Crippen molar-refractivity contribution in [1.29, 1.82) is 0 Å². The molecule has 0 aliphatic heterocycles. The number of phenolic OH excluding ortho intramolecular Hbond substituents is 1. The first-order chi connectivity index (χ1) is 13.1. The monoisotopic (exact) mass is 382 g/mol. The molecule has 1 atom stereocenters. The highest BCUT2D eigenvalue weighted by Gasteiger charge is 2.20. The van der Waals surface area contributed by atoms with Gasteiger partial charge < -0.3 is 10.4 Å². The van der Waals surface area contributed by atoms with Gasteiger partial charge in [0.05, 0.1) is 5.25 Å². The molecule has 0 spiro atoms. The van der Waals surface area contributed by atoms with Gasteiger partial charge in [0.1, 0.15) is 5.75 Å². The van der Waals surface area contributed by atoms with E-state index in [-0.39, 0.29) is 28.1 Å². The van der Waals surface area contributed by atoms with Crippen molar-refractivity contribution >= 4 is 23.4 Å². The number of nitrogens with zero attached hydrogens (tertiary/aromatic N) is 2. The fourth-order valence-corrected chi connectivity index (χ4v) is 3.23. The van der Waals surface area contributed by atoms with E-state index in [4.69, 9.17) is 0 Å². The van der Waals surface area contributed by atoms with Gasteiger partial charge in [-0.3, -0.25) is 14.6 Å². The molecular formula is C19H18N4O3S. The van der Waals surface area contributed by atoms with Gasteiger partial charge in [-0.15, -0.1) is 10.2 Å². The minimum atomic E-state index is -0.452. The van der Waals surface area contributed by atoms with Gasteiger partial charge in [-0.05, 0) is 30.7 Å². The number of aromatic hydroxyl groups is 1. The van der Waals surface area contributed by atoms with Crippen LogP contribution in [0, 0.1) is 0 Å². The van der Waals surface area contributed by atoms with Crippen LogP contribution in [-0.4, -0.2) is 31.4 Å². The summed E-state index contributed by atoms with van der Waals surface area (Å²) in [7, 11) is 0. The predicted octanol–water partition coefficient (Wildman–Crippen LogP) is 3.05. The number of aromatic amines is 1. The van der Waals surface area contributed by atoms with E-state index in [2.05, 4.69) is 20.5 Å². The van der Waals surface area contributed by atoms with E-state index < -0.39 is 5.25 Å². The molecule has 0 aliphatic rings. The van der Waals surface area contributed by atoms with Gasteiger partial charge in [0.25, 0.3) is 5.56 Å². The molecule has 8 heteroatoms. The van der Waals surface area contributed by atoms with Crippen LogP contribution < -0.4 is 10.9 Å². The Kier molecular flexibility index (Phi) is 5.87. The van der Waals surface area contributed by atoms with E-state index in [0.717, 1.165) is 11.8 Å². The Labute approximate surface area is 159 Å². The van der Waals surface area contributed by atoms with Gasteiger partial charge in [0, 0.05) is 11.3 Å². The quantitative estimate of drug-likeness (QED) is 0.447. The van der Waals surface area contributed by atoms with Crippen LogP contribution in [-0.2, 0) is 4.79 Å². The number of amides is 1. The van der Waals surface area contributed by atoms with Gasteiger partial charge in [-0.2, -0.15) is 0 Å². The van der Waals surface area contributed by atoms with Crippen molar-refractivity contribution in [1.82, 2.24) is 15.2 Å². The largest absolute Gasteiger partial charge is 0.508 e. The van der Waals surface area contributed by atoms with Crippen LogP contribution >= 0.6 is 11.8 Å². The third-order valence-corrected chi connectivity index (χ3v) is 5.01. The summed E-state index contributed by atoms with van der Waals surface area (Å²) in [5, 5.41) is 20.0. The topological polar surface area (TPSA) is 108 Å². The van der Waals surface area contributed by atoms with Gasteiger partial charge in [-0.25, -0.2) is 0 Å². The van der Waals surface area contributed by atoms with Gasteiger partial charge in [-0.1, -0.05) is 49.0 Å². The minimum absolute atomic E-state index is 0.126. The number of rotatable bonds is 6. The number of phenols is 1. The van der Waals surface area contributed by atoms with Crippen molar-refractivity contribution in [2.75, 3.05) is 5.32 Å². The van der Waals surface area contributed by atoms with Crippen molar-refractivity contribution < 1.29 is 9.90 Å². The van der Waals surface area contributed by atoms with Gasteiger partial charge in [0.2, 0.25) is 5.91 Å². The summed E-state index contributed by atoms with van der Waals surface area (Å²) in [6, 6.07) is 15.3. The van der Waals surface area contributed by atoms with E-state index >= 15 is 0 Å². The maximum absolute atomic E-state index is 12.5. The molecular weight excluding hydrogens is 364 g/mol. The zero-order chi connectivity index (χ0) is 19.2. The zero-order valence-corrected chi connectivity index (χ0v) is 15.4. The molecule has 0 radical (unpaired) electrons. The SMILES string of the molecule is CCC(Sc1nnc(-c2ccccc2)c(=O)[nH]1)C(=O)Nc1ccc(O)cc1. The van der Waals surface area contributed by atoms with E-state index in [1.54, 1.807) is 24.3 Å². The molecule has 3 rings (SSSR count). The van der Waals surface area contributed by atoms with Crippen molar-refractivity contribution in [2.45, 2.75) is 23.8 Å². The van der Waals surface area contributed by atoms with Crippen LogP contribution in [0.4, 0.5) is 5.69 Å². The first-order valence-corrected chi connectivity index (χ1v) is 9.23. The number of hydrogen-bond acceptors (Lipinski definition) is 6. The molecule has 0 saturated carbocycles.